The van der Waals surface area contributed by atoms with E-state index in [1.165, 1.54) is 0 Å². The molecule has 0 bridgehead atoms. The van der Waals surface area contributed by atoms with Gasteiger partial charge in [-0.2, -0.15) is 0 Å². The van der Waals surface area contributed by atoms with Crippen LogP contribution in [0.1, 0.15) is 20.3 Å². The quantitative estimate of drug-likeness (QED) is 0.440. The Hall–Kier alpha value is -1.13. The maximum absolute atomic E-state index is 9.20. The molecule has 0 saturated heterocycles. The average Bonchev–Trinajstić information content (AvgIpc) is 2.27. The summed E-state index contributed by atoms with van der Waals surface area (Å²) in [4.78, 5) is 5.26. The molecule has 1 N–H and O–H groups in total. The molecule has 1 unspecified atom stereocenters. The van der Waals surface area contributed by atoms with Gasteiger partial charge >= 0.3 is 0 Å². The highest BCUT2D eigenvalue weighted by atomic mass is 16.7. The third kappa shape index (κ3) is 3.79. The number of aliphatic hydroxyl groups excluding tert-OH is 1. The Balaban J connectivity index is 2.60. The van der Waals surface area contributed by atoms with Crippen LogP contribution < -0.4 is 0 Å². The van der Waals surface area contributed by atoms with Crippen LogP contribution >= 0.6 is 0 Å². The van der Waals surface area contributed by atoms with Crippen LogP contribution in [-0.4, -0.2) is 35.7 Å². The first-order valence-corrected chi connectivity index (χ1v) is 5.40. The summed E-state index contributed by atoms with van der Waals surface area (Å²) in [5.74, 6) is 0. The van der Waals surface area contributed by atoms with Crippen molar-refractivity contribution in [1.82, 2.24) is 0 Å². The third-order valence-corrected chi connectivity index (χ3v) is 2.17. The van der Waals surface area contributed by atoms with Crippen molar-refractivity contribution in [1.29, 1.82) is 0 Å². The van der Waals surface area contributed by atoms with Crippen molar-refractivity contribution in [3.8, 4) is 0 Å². The van der Waals surface area contributed by atoms with Gasteiger partial charge in [0, 0.05) is 0 Å². The SMILES string of the molecule is C=CC[C@@H]1C=CC(ON=C(C)C)[C@@H](CO)O1. The molecule has 0 fully saturated rings. The molecule has 90 valence electrons. The molecule has 0 aliphatic carbocycles. The second-order valence-corrected chi connectivity index (χ2v) is 3.91. The van der Waals surface area contributed by atoms with Gasteiger partial charge in [-0.15, -0.1) is 6.58 Å². The lowest BCUT2D eigenvalue weighted by molar-refractivity contribution is -0.0999. The minimum atomic E-state index is -0.363. The molecule has 0 amide bonds. The van der Waals surface area contributed by atoms with E-state index in [1.54, 1.807) is 6.08 Å². The predicted molar refractivity (Wildman–Crippen MR) is 63.4 cm³/mol. The highest BCUT2D eigenvalue weighted by molar-refractivity contribution is 5.78. The van der Waals surface area contributed by atoms with E-state index in [4.69, 9.17) is 9.57 Å². The second kappa shape index (κ2) is 6.45. The van der Waals surface area contributed by atoms with Crippen LogP contribution in [0.2, 0.25) is 0 Å². The maximum atomic E-state index is 9.20. The monoisotopic (exact) mass is 225 g/mol. The first-order chi connectivity index (χ1) is 7.67. The van der Waals surface area contributed by atoms with Gasteiger partial charge in [0.1, 0.15) is 6.10 Å². The first-order valence-electron chi connectivity index (χ1n) is 5.40. The Morgan fingerprint density at radius 2 is 2.31 bits per heavy atom. The van der Waals surface area contributed by atoms with Crippen molar-refractivity contribution in [2.24, 2.45) is 5.16 Å². The highest BCUT2D eigenvalue weighted by Crippen LogP contribution is 2.18. The molecule has 0 radical (unpaired) electrons. The molecule has 1 aliphatic rings. The normalized spacial score (nSPS) is 28.6. The summed E-state index contributed by atoms with van der Waals surface area (Å²) in [5, 5.41) is 13.1. The number of rotatable bonds is 5. The number of oxime groups is 1. The molecule has 4 nitrogen and oxygen atoms in total. The molecule has 0 aromatic carbocycles. The zero-order chi connectivity index (χ0) is 12.0. The molecule has 0 aromatic rings. The van der Waals surface area contributed by atoms with Gasteiger partial charge in [0.2, 0.25) is 0 Å². The fourth-order valence-electron chi connectivity index (χ4n) is 1.42. The summed E-state index contributed by atoms with van der Waals surface area (Å²) in [6.45, 7) is 7.27. The molecule has 1 rings (SSSR count). The van der Waals surface area contributed by atoms with E-state index in [2.05, 4.69) is 11.7 Å². The van der Waals surface area contributed by atoms with Crippen molar-refractivity contribution >= 4 is 5.71 Å². The van der Waals surface area contributed by atoms with Crippen LogP contribution in [0.25, 0.3) is 0 Å². The van der Waals surface area contributed by atoms with Crippen LogP contribution in [0.5, 0.6) is 0 Å². The van der Waals surface area contributed by atoms with Gasteiger partial charge in [0.25, 0.3) is 0 Å². The number of aliphatic hydroxyl groups is 1. The van der Waals surface area contributed by atoms with Crippen LogP contribution in [0.3, 0.4) is 0 Å². The van der Waals surface area contributed by atoms with Crippen molar-refractivity contribution in [2.75, 3.05) is 6.61 Å². The standard InChI is InChI=1S/C12H19NO3/c1-4-5-10-6-7-11(12(8-14)15-10)16-13-9(2)3/h4,6-7,10-12,14H,1,5,8H2,2-3H3/t10-,11?,12-/m1/s1. The summed E-state index contributed by atoms with van der Waals surface area (Å²) in [7, 11) is 0. The molecule has 0 saturated carbocycles. The van der Waals surface area contributed by atoms with E-state index in [-0.39, 0.29) is 24.9 Å². The highest BCUT2D eigenvalue weighted by Gasteiger charge is 2.27. The van der Waals surface area contributed by atoms with Crippen LogP contribution in [0, 0.1) is 0 Å². The fourth-order valence-corrected chi connectivity index (χ4v) is 1.42. The van der Waals surface area contributed by atoms with Crippen LogP contribution in [0.4, 0.5) is 0 Å². The molecule has 0 aromatic heterocycles. The minimum Gasteiger partial charge on any atom is -0.394 e. The van der Waals surface area contributed by atoms with Gasteiger partial charge in [0.15, 0.2) is 6.10 Å². The van der Waals surface area contributed by atoms with Gasteiger partial charge in [-0.1, -0.05) is 17.3 Å². The first kappa shape index (κ1) is 12.9. The summed E-state index contributed by atoms with van der Waals surface area (Å²) >= 11 is 0. The molecule has 0 spiro atoms. The van der Waals surface area contributed by atoms with Gasteiger partial charge in [-0.25, -0.2) is 0 Å². The molecule has 1 heterocycles. The van der Waals surface area contributed by atoms with Crippen molar-refractivity contribution in [2.45, 2.75) is 38.6 Å². The van der Waals surface area contributed by atoms with Gasteiger partial charge in [0.05, 0.1) is 18.4 Å². The molecule has 16 heavy (non-hydrogen) atoms. The third-order valence-electron chi connectivity index (χ3n) is 2.17. The van der Waals surface area contributed by atoms with Crippen LogP contribution in [-0.2, 0) is 9.57 Å². The largest absolute Gasteiger partial charge is 0.394 e. The van der Waals surface area contributed by atoms with Crippen molar-refractivity contribution in [3.05, 3.63) is 24.8 Å². The van der Waals surface area contributed by atoms with Crippen molar-refractivity contribution in [3.63, 3.8) is 0 Å². The summed E-state index contributed by atoms with van der Waals surface area (Å²) < 4.78 is 5.62. The summed E-state index contributed by atoms with van der Waals surface area (Å²) in [6.07, 6.45) is 5.61. The zero-order valence-corrected chi connectivity index (χ0v) is 9.80. The van der Waals surface area contributed by atoms with E-state index >= 15 is 0 Å². The smallest absolute Gasteiger partial charge is 0.174 e. The van der Waals surface area contributed by atoms with Gasteiger partial charge in [-0.05, 0) is 26.3 Å². The number of hydrogen-bond donors (Lipinski definition) is 1. The lowest BCUT2D eigenvalue weighted by Gasteiger charge is -2.29. The van der Waals surface area contributed by atoms with Gasteiger partial charge < -0.3 is 14.7 Å². The Morgan fingerprint density at radius 1 is 1.56 bits per heavy atom. The van der Waals surface area contributed by atoms with E-state index in [0.29, 0.717) is 0 Å². The molecule has 4 heteroatoms. The molecule has 3 atom stereocenters. The lowest BCUT2D eigenvalue weighted by Crippen LogP contribution is -2.38. The number of ether oxygens (including phenoxy) is 1. The summed E-state index contributed by atoms with van der Waals surface area (Å²) in [6, 6.07) is 0. The zero-order valence-electron chi connectivity index (χ0n) is 9.80. The minimum absolute atomic E-state index is 0.0267. The maximum Gasteiger partial charge on any atom is 0.174 e. The Bertz CT molecular complexity index is 282. The second-order valence-electron chi connectivity index (χ2n) is 3.91. The molecular formula is C12H19NO3. The van der Waals surface area contributed by atoms with Gasteiger partial charge in [-0.3, -0.25) is 0 Å². The fraction of sp³-hybridized carbons (Fsp3) is 0.583. The topological polar surface area (TPSA) is 51.0 Å². The van der Waals surface area contributed by atoms with E-state index in [0.717, 1.165) is 12.1 Å². The number of hydrogen-bond acceptors (Lipinski definition) is 4. The molecule has 1 aliphatic heterocycles. The van der Waals surface area contributed by atoms with E-state index in [1.807, 2.05) is 26.0 Å². The average molecular weight is 225 g/mol. The van der Waals surface area contributed by atoms with E-state index < -0.39 is 0 Å². The molecular weight excluding hydrogens is 206 g/mol. The van der Waals surface area contributed by atoms with Crippen molar-refractivity contribution < 1.29 is 14.7 Å². The predicted octanol–water partition coefficient (Wildman–Crippen LogP) is 1.66. The summed E-state index contributed by atoms with van der Waals surface area (Å²) in [5.41, 5.74) is 0.832. The Morgan fingerprint density at radius 3 is 2.88 bits per heavy atom. The van der Waals surface area contributed by atoms with E-state index in [9.17, 15) is 5.11 Å². The Labute approximate surface area is 96.2 Å². The Kier molecular flexibility index (Phi) is 5.22. The number of nitrogens with zero attached hydrogens (tertiary/aromatic N) is 1. The van der Waals surface area contributed by atoms with Crippen LogP contribution in [0.15, 0.2) is 30.0 Å². The lowest BCUT2D eigenvalue weighted by atomic mass is 10.1.